The van der Waals surface area contributed by atoms with Gasteiger partial charge in [-0.05, 0) is 45.6 Å². The van der Waals surface area contributed by atoms with Gasteiger partial charge in [-0.3, -0.25) is 4.79 Å². The molecule has 0 bridgehead atoms. The molecule has 0 aliphatic rings. The number of pyridine rings is 1. The molecule has 0 atom stereocenters. The van der Waals surface area contributed by atoms with E-state index in [4.69, 9.17) is 0 Å². The van der Waals surface area contributed by atoms with E-state index >= 15 is 0 Å². The molecular formula is C14H8BrF2NOS. The van der Waals surface area contributed by atoms with Gasteiger partial charge < -0.3 is 4.57 Å². The van der Waals surface area contributed by atoms with E-state index in [9.17, 15) is 13.6 Å². The van der Waals surface area contributed by atoms with Crippen LogP contribution >= 0.6 is 27.3 Å². The second-order valence-corrected chi connectivity index (χ2v) is 6.07. The molecule has 0 saturated carbocycles. The van der Waals surface area contributed by atoms with E-state index in [1.54, 1.807) is 18.3 Å². The molecule has 0 unspecified atom stereocenters. The molecule has 0 aliphatic heterocycles. The van der Waals surface area contributed by atoms with Crippen molar-refractivity contribution in [1.29, 1.82) is 0 Å². The highest BCUT2D eigenvalue weighted by atomic mass is 79.9. The van der Waals surface area contributed by atoms with Crippen LogP contribution in [0.25, 0.3) is 10.1 Å². The first-order valence-electron chi connectivity index (χ1n) is 5.77. The Kier molecular flexibility index (Phi) is 3.43. The van der Waals surface area contributed by atoms with E-state index in [2.05, 4.69) is 15.9 Å². The zero-order chi connectivity index (χ0) is 14.3. The van der Waals surface area contributed by atoms with Gasteiger partial charge >= 0.3 is 0 Å². The Balaban J connectivity index is 2.12. The monoisotopic (exact) mass is 355 g/mol. The summed E-state index contributed by atoms with van der Waals surface area (Å²) in [6.45, 7) is -0.137. The fraction of sp³-hybridized carbons (Fsp3) is 0.0714. The van der Waals surface area contributed by atoms with Crippen molar-refractivity contribution >= 4 is 37.4 Å². The lowest BCUT2D eigenvalue weighted by Gasteiger charge is -2.09. The molecule has 0 fully saturated rings. The molecule has 2 aromatic heterocycles. The number of fused-ring (bicyclic) bond motifs is 1. The third-order valence-corrected chi connectivity index (χ3v) is 4.55. The Labute approximate surface area is 125 Å². The highest BCUT2D eigenvalue weighted by Crippen LogP contribution is 2.23. The summed E-state index contributed by atoms with van der Waals surface area (Å²) in [6, 6.07) is 5.97. The lowest BCUT2D eigenvalue weighted by Crippen LogP contribution is -2.20. The van der Waals surface area contributed by atoms with Crippen molar-refractivity contribution in [2.24, 2.45) is 0 Å². The van der Waals surface area contributed by atoms with Crippen molar-refractivity contribution in [3.8, 4) is 0 Å². The number of hydrogen-bond acceptors (Lipinski definition) is 2. The van der Waals surface area contributed by atoms with Crippen molar-refractivity contribution in [2.75, 3.05) is 0 Å². The van der Waals surface area contributed by atoms with Gasteiger partial charge in [0.15, 0.2) is 0 Å². The van der Waals surface area contributed by atoms with E-state index in [0.717, 1.165) is 4.70 Å². The van der Waals surface area contributed by atoms with Crippen molar-refractivity contribution in [3.05, 3.63) is 67.9 Å². The van der Waals surface area contributed by atoms with Crippen LogP contribution in [-0.2, 0) is 6.54 Å². The van der Waals surface area contributed by atoms with E-state index in [-0.39, 0.29) is 22.1 Å². The smallest absolute Gasteiger partial charge is 0.259 e. The highest BCUT2D eigenvalue weighted by Gasteiger charge is 2.14. The Morgan fingerprint density at radius 1 is 1.20 bits per heavy atom. The molecule has 2 nitrogen and oxygen atoms in total. The first-order valence-corrected chi connectivity index (χ1v) is 7.44. The van der Waals surface area contributed by atoms with Crippen LogP contribution in [0.15, 0.2) is 45.1 Å². The maximum atomic E-state index is 13.9. The third-order valence-electron chi connectivity index (χ3n) is 3.06. The zero-order valence-corrected chi connectivity index (χ0v) is 12.5. The second-order valence-electron chi connectivity index (χ2n) is 4.27. The molecule has 0 spiro atoms. The van der Waals surface area contributed by atoms with Gasteiger partial charge in [-0.2, -0.15) is 0 Å². The van der Waals surface area contributed by atoms with Crippen LogP contribution in [0.4, 0.5) is 8.78 Å². The third kappa shape index (κ3) is 2.19. The fourth-order valence-corrected chi connectivity index (χ4v) is 3.16. The largest absolute Gasteiger partial charge is 0.310 e. The van der Waals surface area contributed by atoms with E-state index < -0.39 is 11.6 Å². The summed E-state index contributed by atoms with van der Waals surface area (Å²) in [6.07, 6.45) is 1.56. The molecule has 1 aromatic carbocycles. The predicted molar refractivity (Wildman–Crippen MR) is 79.2 cm³/mol. The molecule has 6 heteroatoms. The normalized spacial score (nSPS) is 11.2. The highest BCUT2D eigenvalue weighted by molar-refractivity contribution is 9.10. The number of benzene rings is 1. The molecule has 0 N–H and O–H groups in total. The molecule has 0 amide bonds. The summed E-state index contributed by atoms with van der Waals surface area (Å²) < 4.78 is 30.0. The van der Waals surface area contributed by atoms with Gasteiger partial charge in [0.1, 0.15) is 11.6 Å². The Morgan fingerprint density at radius 2 is 2.00 bits per heavy atom. The lowest BCUT2D eigenvalue weighted by molar-refractivity contribution is 0.538. The van der Waals surface area contributed by atoms with Crippen LogP contribution in [0, 0.1) is 11.6 Å². The number of halogens is 3. The van der Waals surface area contributed by atoms with Gasteiger partial charge in [0.05, 0.1) is 16.4 Å². The van der Waals surface area contributed by atoms with Gasteiger partial charge in [0.25, 0.3) is 5.56 Å². The SMILES string of the molecule is O=c1c2ccsc2ccn1Cc1c(F)ccc(Br)c1F. The summed E-state index contributed by atoms with van der Waals surface area (Å²) in [4.78, 5) is 12.2. The summed E-state index contributed by atoms with van der Waals surface area (Å²) in [7, 11) is 0. The average Bonchev–Trinajstić information content (AvgIpc) is 2.91. The minimum Gasteiger partial charge on any atom is -0.310 e. The molecule has 3 rings (SSSR count). The number of hydrogen-bond donors (Lipinski definition) is 0. The standard InChI is InChI=1S/C14H8BrF2NOS/c15-10-1-2-11(16)9(13(10)17)7-18-5-3-12-8(14(18)19)4-6-20-12/h1-6H,7H2. The lowest BCUT2D eigenvalue weighted by atomic mass is 10.2. The minimum absolute atomic E-state index is 0.129. The van der Waals surface area contributed by atoms with Crippen molar-refractivity contribution in [1.82, 2.24) is 4.57 Å². The quantitative estimate of drug-likeness (QED) is 0.633. The van der Waals surface area contributed by atoms with Gasteiger partial charge in [-0.15, -0.1) is 11.3 Å². The maximum Gasteiger partial charge on any atom is 0.259 e. The molecule has 0 radical (unpaired) electrons. The first kappa shape index (κ1) is 13.5. The van der Waals surface area contributed by atoms with Crippen molar-refractivity contribution in [2.45, 2.75) is 6.54 Å². The number of aromatic nitrogens is 1. The summed E-state index contributed by atoms with van der Waals surface area (Å²) in [5, 5.41) is 2.38. The molecule has 0 saturated heterocycles. The summed E-state index contributed by atoms with van der Waals surface area (Å²) in [5.74, 6) is -1.34. The average molecular weight is 356 g/mol. The van der Waals surface area contributed by atoms with Gasteiger partial charge in [-0.1, -0.05) is 0 Å². The van der Waals surface area contributed by atoms with Crippen LogP contribution in [0.2, 0.25) is 0 Å². The fourth-order valence-electron chi connectivity index (χ4n) is 2.02. The van der Waals surface area contributed by atoms with Crippen molar-refractivity contribution < 1.29 is 8.78 Å². The second kappa shape index (κ2) is 5.10. The van der Waals surface area contributed by atoms with Crippen LogP contribution in [0.1, 0.15) is 5.56 Å². The maximum absolute atomic E-state index is 13.9. The van der Waals surface area contributed by atoms with E-state index in [1.807, 2.05) is 5.38 Å². The van der Waals surface area contributed by atoms with Gasteiger partial charge in [0.2, 0.25) is 0 Å². The summed E-state index contributed by atoms with van der Waals surface area (Å²) in [5.41, 5.74) is -0.376. The van der Waals surface area contributed by atoms with E-state index in [1.165, 1.54) is 28.0 Å². The topological polar surface area (TPSA) is 22.0 Å². The molecule has 102 valence electrons. The Bertz CT molecular complexity index is 856. The predicted octanol–water partition coefficient (Wildman–Crippen LogP) is 4.15. The number of nitrogens with zero attached hydrogens (tertiary/aromatic N) is 1. The molecule has 3 aromatic rings. The first-order chi connectivity index (χ1) is 9.58. The Hall–Kier alpha value is -1.53. The van der Waals surface area contributed by atoms with Crippen LogP contribution in [0.3, 0.4) is 0 Å². The summed E-state index contributed by atoms with van der Waals surface area (Å²) >= 11 is 4.47. The van der Waals surface area contributed by atoms with Crippen LogP contribution < -0.4 is 5.56 Å². The molecule has 0 aliphatic carbocycles. The Morgan fingerprint density at radius 3 is 2.80 bits per heavy atom. The van der Waals surface area contributed by atoms with Crippen LogP contribution in [-0.4, -0.2) is 4.57 Å². The van der Waals surface area contributed by atoms with Crippen LogP contribution in [0.5, 0.6) is 0 Å². The number of thiophene rings is 1. The number of rotatable bonds is 2. The molecular weight excluding hydrogens is 348 g/mol. The minimum atomic E-state index is -0.678. The molecule has 2 heterocycles. The molecule has 20 heavy (non-hydrogen) atoms. The van der Waals surface area contributed by atoms with Gasteiger partial charge in [-0.25, -0.2) is 8.78 Å². The van der Waals surface area contributed by atoms with Gasteiger partial charge in [0, 0.05) is 16.5 Å². The van der Waals surface area contributed by atoms with Crippen molar-refractivity contribution in [3.63, 3.8) is 0 Å². The zero-order valence-electron chi connectivity index (χ0n) is 10.1. The van der Waals surface area contributed by atoms with E-state index in [0.29, 0.717) is 5.39 Å².